The maximum absolute atomic E-state index is 12.1. The van der Waals surface area contributed by atoms with Crippen molar-refractivity contribution in [1.29, 1.82) is 0 Å². The smallest absolute Gasteiger partial charge is 0.261 e. The van der Waals surface area contributed by atoms with Gasteiger partial charge in [0.1, 0.15) is 0 Å². The van der Waals surface area contributed by atoms with Gasteiger partial charge in [-0.15, -0.1) is 6.58 Å². The second-order valence-corrected chi connectivity index (χ2v) is 5.01. The first-order chi connectivity index (χ1) is 10.5. The van der Waals surface area contributed by atoms with Crippen LogP contribution in [-0.4, -0.2) is 40.8 Å². The van der Waals surface area contributed by atoms with E-state index in [1.54, 1.807) is 30.3 Å². The summed E-state index contributed by atoms with van der Waals surface area (Å²) in [6.07, 6.45) is 1.60. The van der Waals surface area contributed by atoms with Gasteiger partial charge in [0, 0.05) is 19.5 Å². The van der Waals surface area contributed by atoms with Crippen LogP contribution < -0.4 is 10.6 Å². The highest BCUT2D eigenvalue weighted by molar-refractivity contribution is 7.80. The Balaban J connectivity index is 1.89. The maximum atomic E-state index is 12.1. The number of fused-ring (bicyclic) bond motifs is 1. The van der Waals surface area contributed by atoms with Crippen LogP contribution in [-0.2, 0) is 4.79 Å². The van der Waals surface area contributed by atoms with Gasteiger partial charge >= 0.3 is 0 Å². The molecule has 7 heteroatoms. The fraction of sp³-hybridized carbons (Fsp3) is 0.200. The molecule has 0 spiro atoms. The van der Waals surface area contributed by atoms with Crippen LogP contribution in [0, 0.1) is 0 Å². The number of benzene rings is 1. The number of carbonyl (C=O) groups is 3. The normalized spacial score (nSPS) is 12.8. The summed E-state index contributed by atoms with van der Waals surface area (Å²) in [4.78, 5) is 37.0. The average molecular weight is 317 g/mol. The summed E-state index contributed by atoms with van der Waals surface area (Å²) < 4.78 is 0. The van der Waals surface area contributed by atoms with Gasteiger partial charge in [0.15, 0.2) is 5.11 Å². The highest BCUT2D eigenvalue weighted by atomic mass is 32.1. The molecule has 0 saturated carbocycles. The molecule has 22 heavy (non-hydrogen) atoms. The Hall–Kier alpha value is -2.54. The molecule has 6 nitrogen and oxygen atoms in total. The minimum Gasteiger partial charge on any atom is -0.359 e. The molecule has 1 aromatic rings. The van der Waals surface area contributed by atoms with Crippen molar-refractivity contribution in [2.24, 2.45) is 0 Å². The molecule has 0 radical (unpaired) electrons. The van der Waals surface area contributed by atoms with Crippen molar-refractivity contribution in [2.75, 3.05) is 13.1 Å². The lowest BCUT2D eigenvalue weighted by atomic mass is 10.1. The monoisotopic (exact) mass is 317 g/mol. The Morgan fingerprint density at radius 2 is 1.82 bits per heavy atom. The quantitative estimate of drug-likeness (QED) is 0.478. The van der Waals surface area contributed by atoms with Gasteiger partial charge in [-0.2, -0.15) is 0 Å². The number of nitrogens with zero attached hydrogens (tertiary/aromatic N) is 1. The Kier molecular flexibility index (Phi) is 5.00. The van der Waals surface area contributed by atoms with Gasteiger partial charge in [-0.1, -0.05) is 18.2 Å². The molecule has 0 aliphatic carbocycles. The van der Waals surface area contributed by atoms with Crippen LogP contribution in [0.25, 0.3) is 0 Å². The molecule has 114 valence electrons. The van der Waals surface area contributed by atoms with E-state index in [0.29, 0.717) is 17.7 Å². The summed E-state index contributed by atoms with van der Waals surface area (Å²) in [5.41, 5.74) is 0.743. The fourth-order valence-electron chi connectivity index (χ4n) is 2.05. The van der Waals surface area contributed by atoms with Crippen molar-refractivity contribution >= 4 is 35.1 Å². The van der Waals surface area contributed by atoms with E-state index in [0.717, 1.165) is 4.90 Å². The summed E-state index contributed by atoms with van der Waals surface area (Å²) in [6, 6.07) is 6.60. The van der Waals surface area contributed by atoms with Gasteiger partial charge in [-0.25, -0.2) is 0 Å². The molecule has 1 aliphatic heterocycles. The van der Waals surface area contributed by atoms with Crippen LogP contribution in [0.3, 0.4) is 0 Å². The number of hydrogen-bond acceptors (Lipinski definition) is 4. The maximum Gasteiger partial charge on any atom is 0.261 e. The number of hydrogen-bond donors (Lipinski definition) is 2. The summed E-state index contributed by atoms with van der Waals surface area (Å²) in [5.74, 6) is -1.11. The summed E-state index contributed by atoms with van der Waals surface area (Å²) in [6.45, 7) is 3.98. The fourth-order valence-corrected chi connectivity index (χ4v) is 2.25. The zero-order chi connectivity index (χ0) is 16.1. The van der Waals surface area contributed by atoms with E-state index in [-0.39, 0.29) is 35.8 Å². The first-order valence-electron chi connectivity index (χ1n) is 6.68. The largest absolute Gasteiger partial charge is 0.359 e. The molecule has 3 amide bonds. The van der Waals surface area contributed by atoms with Crippen molar-refractivity contribution in [3.63, 3.8) is 0 Å². The number of amides is 3. The Labute approximate surface area is 133 Å². The summed E-state index contributed by atoms with van der Waals surface area (Å²) in [5, 5.41) is 5.42. The zero-order valence-corrected chi connectivity index (χ0v) is 12.6. The van der Waals surface area contributed by atoms with Gasteiger partial charge in [-0.3, -0.25) is 19.3 Å². The summed E-state index contributed by atoms with van der Waals surface area (Å²) in [7, 11) is 0. The highest BCUT2D eigenvalue weighted by Gasteiger charge is 2.34. The molecule has 1 aromatic carbocycles. The molecule has 0 aromatic heterocycles. The van der Waals surface area contributed by atoms with Crippen LogP contribution in [0.2, 0.25) is 0 Å². The third kappa shape index (κ3) is 3.37. The lowest BCUT2D eigenvalue weighted by Gasteiger charge is -2.13. The molecule has 2 N–H and O–H groups in total. The molecular formula is C15H15N3O3S. The molecule has 0 unspecified atom stereocenters. The number of imide groups is 1. The van der Waals surface area contributed by atoms with Gasteiger partial charge in [0.05, 0.1) is 11.1 Å². The van der Waals surface area contributed by atoms with Crippen LogP contribution in [0.15, 0.2) is 36.9 Å². The van der Waals surface area contributed by atoms with Crippen molar-refractivity contribution in [3.05, 3.63) is 48.0 Å². The molecule has 0 atom stereocenters. The molecular weight excluding hydrogens is 302 g/mol. The SMILES string of the molecule is C=CCNC(=S)NC(=O)CCN1C(=O)c2ccccc2C1=O. The van der Waals surface area contributed by atoms with E-state index in [9.17, 15) is 14.4 Å². The molecule has 0 saturated heterocycles. The van der Waals surface area contributed by atoms with E-state index < -0.39 is 0 Å². The zero-order valence-electron chi connectivity index (χ0n) is 11.8. The van der Waals surface area contributed by atoms with E-state index in [2.05, 4.69) is 17.2 Å². The standard InChI is InChI=1S/C15H15N3O3S/c1-2-8-16-15(22)17-12(19)7-9-18-13(20)10-5-3-4-6-11(10)14(18)21/h2-6H,1,7-9H2,(H2,16,17,19,22). The van der Waals surface area contributed by atoms with E-state index in [1.807, 2.05) is 0 Å². The third-order valence-corrected chi connectivity index (χ3v) is 3.35. The Morgan fingerprint density at radius 1 is 1.23 bits per heavy atom. The minimum atomic E-state index is -0.374. The van der Waals surface area contributed by atoms with Crippen molar-refractivity contribution in [1.82, 2.24) is 15.5 Å². The Morgan fingerprint density at radius 3 is 2.36 bits per heavy atom. The van der Waals surface area contributed by atoms with Crippen LogP contribution in [0.5, 0.6) is 0 Å². The predicted molar refractivity (Wildman–Crippen MR) is 85.4 cm³/mol. The van der Waals surface area contributed by atoms with E-state index in [1.165, 1.54) is 0 Å². The van der Waals surface area contributed by atoms with E-state index >= 15 is 0 Å². The van der Waals surface area contributed by atoms with Gasteiger partial charge in [-0.05, 0) is 24.4 Å². The molecule has 0 bridgehead atoms. The van der Waals surface area contributed by atoms with Gasteiger partial charge in [0.25, 0.3) is 11.8 Å². The predicted octanol–water partition coefficient (Wildman–Crippen LogP) is 0.849. The van der Waals surface area contributed by atoms with Crippen LogP contribution in [0.1, 0.15) is 27.1 Å². The van der Waals surface area contributed by atoms with Crippen molar-refractivity contribution in [2.45, 2.75) is 6.42 Å². The van der Waals surface area contributed by atoms with Crippen LogP contribution >= 0.6 is 12.2 Å². The van der Waals surface area contributed by atoms with Crippen LogP contribution in [0.4, 0.5) is 0 Å². The Bertz CT molecular complexity index is 622. The number of nitrogens with one attached hydrogen (secondary N) is 2. The lowest BCUT2D eigenvalue weighted by Crippen LogP contribution is -2.41. The van der Waals surface area contributed by atoms with Crippen molar-refractivity contribution < 1.29 is 14.4 Å². The number of carbonyl (C=O) groups excluding carboxylic acids is 3. The third-order valence-electron chi connectivity index (χ3n) is 3.10. The average Bonchev–Trinajstić information content (AvgIpc) is 2.75. The summed E-state index contributed by atoms with van der Waals surface area (Å²) >= 11 is 4.91. The molecule has 2 rings (SSSR count). The van der Waals surface area contributed by atoms with Gasteiger partial charge in [0.2, 0.25) is 5.91 Å². The topological polar surface area (TPSA) is 78.5 Å². The molecule has 1 aliphatic rings. The second kappa shape index (κ2) is 6.95. The first-order valence-corrected chi connectivity index (χ1v) is 7.09. The van der Waals surface area contributed by atoms with E-state index in [4.69, 9.17) is 12.2 Å². The highest BCUT2D eigenvalue weighted by Crippen LogP contribution is 2.22. The number of rotatable bonds is 5. The molecule has 1 heterocycles. The number of thiocarbonyl (C=S) groups is 1. The van der Waals surface area contributed by atoms with Crippen molar-refractivity contribution in [3.8, 4) is 0 Å². The molecule has 0 fully saturated rings. The second-order valence-electron chi connectivity index (χ2n) is 4.60. The van der Waals surface area contributed by atoms with Gasteiger partial charge < -0.3 is 10.6 Å². The minimum absolute atomic E-state index is 0.0125. The lowest BCUT2D eigenvalue weighted by molar-refractivity contribution is -0.119. The first kappa shape index (κ1) is 15.8.